The standard InChI is InChI=1S/C15H31NO/c1-5-13(4)12-14(17)15(6-2,7-3)16-10-8-9-11-16/h13-14,17H,5-12H2,1-4H3. The van der Waals surface area contributed by atoms with Crippen LogP contribution in [0, 0.1) is 5.92 Å². The van der Waals surface area contributed by atoms with Crippen molar-refractivity contribution in [3.05, 3.63) is 0 Å². The third kappa shape index (κ3) is 3.23. The van der Waals surface area contributed by atoms with Crippen LogP contribution in [-0.2, 0) is 0 Å². The maximum atomic E-state index is 10.7. The molecule has 2 nitrogen and oxygen atoms in total. The number of hydrogen-bond donors (Lipinski definition) is 1. The number of rotatable bonds is 7. The molecule has 1 aliphatic rings. The van der Waals surface area contributed by atoms with Crippen LogP contribution >= 0.6 is 0 Å². The molecule has 0 amide bonds. The summed E-state index contributed by atoms with van der Waals surface area (Å²) in [6.07, 6.45) is 6.71. The molecule has 0 aromatic carbocycles. The largest absolute Gasteiger partial charge is 0.391 e. The molecule has 0 spiro atoms. The molecular weight excluding hydrogens is 210 g/mol. The maximum Gasteiger partial charge on any atom is 0.0726 e. The zero-order valence-electron chi connectivity index (χ0n) is 12.2. The monoisotopic (exact) mass is 241 g/mol. The van der Waals surface area contributed by atoms with Gasteiger partial charge in [0.25, 0.3) is 0 Å². The van der Waals surface area contributed by atoms with E-state index >= 15 is 0 Å². The van der Waals surface area contributed by atoms with Gasteiger partial charge in [0.1, 0.15) is 0 Å². The van der Waals surface area contributed by atoms with Crippen molar-refractivity contribution in [3.8, 4) is 0 Å². The second-order valence-corrected chi connectivity index (χ2v) is 5.77. The van der Waals surface area contributed by atoms with Crippen molar-refractivity contribution in [2.45, 2.75) is 77.9 Å². The van der Waals surface area contributed by atoms with Gasteiger partial charge < -0.3 is 5.11 Å². The van der Waals surface area contributed by atoms with Crippen LogP contribution in [0.1, 0.15) is 66.2 Å². The highest BCUT2D eigenvalue weighted by molar-refractivity contribution is 4.97. The molecule has 1 aliphatic heterocycles. The number of aliphatic hydroxyl groups is 1. The average molecular weight is 241 g/mol. The molecule has 2 atom stereocenters. The minimum Gasteiger partial charge on any atom is -0.391 e. The smallest absolute Gasteiger partial charge is 0.0726 e. The zero-order chi connectivity index (χ0) is 12.9. The highest BCUT2D eigenvalue weighted by Gasteiger charge is 2.41. The van der Waals surface area contributed by atoms with Crippen molar-refractivity contribution in [1.29, 1.82) is 0 Å². The van der Waals surface area contributed by atoms with Crippen LogP contribution in [0.4, 0.5) is 0 Å². The minimum absolute atomic E-state index is 0.0416. The predicted molar refractivity (Wildman–Crippen MR) is 74.2 cm³/mol. The third-order valence-corrected chi connectivity index (χ3v) is 4.90. The van der Waals surface area contributed by atoms with Crippen LogP contribution in [0.25, 0.3) is 0 Å². The molecule has 0 saturated carbocycles. The molecule has 0 bridgehead atoms. The Kier molecular flexibility index (Phi) is 5.94. The van der Waals surface area contributed by atoms with Gasteiger partial charge in [-0.3, -0.25) is 4.90 Å². The molecule has 1 heterocycles. The van der Waals surface area contributed by atoms with E-state index < -0.39 is 0 Å². The van der Waals surface area contributed by atoms with E-state index in [0.29, 0.717) is 5.92 Å². The van der Waals surface area contributed by atoms with Crippen molar-refractivity contribution < 1.29 is 5.11 Å². The summed E-state index contributed by atoms with van der Waals surface area (Å²) < 4.78 is 0. The molecule has 0 aliphatic carbocycles. The Bertz CT molecular complexity index is 207. The zero-order valence-corrected chi connectivity index (χ0v) is 12.2. The summed E-state index contributed by atoms with van der Waals surface area (Å²) in [4.78, 5) is 2.56. The van der Waals surface area contributed by atoms with E-state index in [9.17, 15) is 5.11 Å². The molecule has 0 radical (unpaired) electrons. The van der Waals surface area contributed by atoms with Gasteiger partial charge in [-0.15, -0.1) is 0 Å². The topological polar surface area (TPSA) is 23.5 Å². The lowest BCUT2D eigenvalue weighted by atomic mass is 9.80. The molecular formula is C15H31NO. The third-order valence-electron chi connectivity index (χ3n) is 4.90. The number of hydrogen-bond acceptors (Lipinski definition) is 2. The summed E-state index contributed by atoms with van der Waals surface area (Å²) in [6, 6.07) is 0. The number of aliphatic hydroxyl groups excluding tert-OH is 1. The van der Waals surface area contributed by atoms with Crippen molar-refractivity contribution in [2.24, 2.45) is 5.92 Å². The van der Waals surface area contributed by atoms with Crippen molar-refractivity contribution in [3.63, 3.8) is 0 Å². The first-order chi connectivity index (χ1) is 8.10. The first-order valence-electron chi connectivity index (χ1n) is 7.53. The van der Waals surface area contributed by atoms with Crippen molar-refractivity contribution in [2.75, 3.05) is 13.1 Å². The van der Waals surface area contributed by atoms with Crippen LogP contribution in [-0.4, -0.2) is 34.7 Å². The molecule has 2 heteroatoms. The van der Waals surface area contributed by atoms with E-state index in [1.165, 1.54) is 32.4 Å². The Balaban J connectivity index is 2.74. The second kappa shape index (κ2) is 6.75. The Labute approximate surface area is 107 Å². The summed E-state index contributed by atoms with van der Waals surface area (Å²) in [7, 11) is 0. The van der Waals surface area contributed by atoms with Gasteiger partial charge in [-0.05, 0) is 51.1 Å². The van der Waals surface area contributed by atoms with E-state index in [0.717, 1.165) is 19.3 Å². The summed E-state index contributed by atoms with van der Waals surface area (Å²) in [6.45, 7) is 11.3. The first-order valence-corrected chi connectivity index (χ1v) is 7.53. The van der Waals surface area contributed by atoms with E-state index in [1.54, 1.807) is 0 Å². The lowest BCUT2D eigenvalue weighted by Gasteiger charge is -2.45. The Morgan fingerprint density at radius 1 is 1.12 bits per heavy atom. The fraction of sp³-hybridized carbons (Fsp3) is 1.00. The quantitative estimate of drug-likeness (QED) is 0.738. The van der Waals surface area contributed by atoms with Crippen LogP contribution in [0.5, 0.6) is 0 Å². The SMILES string of the molecule is CCC(C)CC(O)C(CC)(CC)N1CCCC1. The summed E-state index contributed by atoms with van der Waals surface area (Å²) in [5.74, 6) is 0.630. The van der Waals surface area contributed by atoms with Gasteiger partial charge in [0.05, 0.1) is 6.10 Å². The van der Waals surface area contributed by atoms with Gasteiger partial charge in [0.15, 0.2) is 0 Å². The lowest BCUT2D eigenvalue weighted by Crippen LogP contribution is -2.55. The van der Waals surface area contributed by atoms with Gasteiger partial charge >= 0.3 is 0 Å². The van der Waals surface area contributed by atoms with Crippen LogP contribution in [0.3, 0.4) is 0 Å². The van der Waals surface area contributed by atoms with Gasteiger partial charge in [0, 0.05) is 5.54 Å². The molecule has 2 unspecified atom stereocenters. The molecule has 102 valence electrons. The normalized spacial score (nSPS) is 21.7. The van der Waals surface area contributed by atoms with Crippen molar-refractivity contribution in [1.82, 2.24) is 4.90 Å². The van der Waals surface area contributed by atoms with E-state index in [2.05, 4.69) is 32.6 Å². The molecule has 17 heavy (non-hydrogen) atoms. The molecule has 1 fully saturated rings. The van der Waals surface area contributed by atoms with Crippen LogP contribution < -0.4 is 0 Å². The van der Waals surface area contributed by atoms with Gasteiger partial charge in [0.2, 0.25) is 0 Å². The summed E-state index contributed by atoms with van der Waals surface area (Å²) >= 11 is 0. The highest BCUT2D eigenvalue weighted by atomic mass is 16.3. The van der Waals surface area contributed by atoms with Gasteiger partial charge in [-0.2, -0.15) is 0 Å². The van der Waals surface area contributed by atoms with Crippen molar-refractivity contribution >= 4 is 0 Å². The molecule has 0 aromatic heterocycles. The van der Waals surface area contributed by atoms with Crippen LogP contribution in [0.15, 0.2) is 0 Å². The summed E-state index contributed by atoms with van der Waals surface area (Å²) in [5, 5.41) is 10.7. The molecule has 1 rings (SSSR count). The first kappa shape index (κ1) is 15.0. The Hall–Kier alpha value is -0.0800. The fourth-order valence-corrected chi connectivity index (χ4v) is 3.31. The second-order valence-electron chi connectivity index (χ2n) is 5.77. The van der Waals surface area contributed by atoms with E-state index in [4.69, 9.17) is 0 Å². The number of likely N-dealkylation sites (tertiary alicyclic amines) is 1. The Morgan fingerprint density at radius 3 is 2.06 bits per heavy atom. The Morgan fingerprint density at radius 2 is 1.65 bits per heavy atom. The van der Waals surface area contributed by atoms with Crippen LogP contribution in [0.2, 0.25) is 0 Å². The molecule has 1 saturated heterocycles. The lowest BCUT2D eigenvalue weighted by molar-refractivity contribution is -0.0383. The fourth-order valence-electron chi connectivity index (χ4n) is 3.31. The minimum atomic E-state index is -0.162. The number of nitrogens with zero attached hydrogens (tertiary/aromatic N) is 1. The van der Waals surface area contributed by atoms with E-state index in [1.807, 2.05) is 0 Å². The van der Waals surface area contributed by atoms with Gasteiger partial charge in [-0.1, -0.05) is 34.1 Å². The maximum absolute atomic E-state index is 10.7. The molecule has 1 N–H and O–H groups in total. The average Bonchev–Trinajstić information content (AvgIpc) is 2.85. The molecule has 0 aromatic rings. The predicted octanol–water partition coefficient (Wildman–Crippen LogP) is 3.44. The summed E-state index contributed by atoms with van der Waals surface area (Å²) in [5.41, 5.74) is 0.0416. The van der Waals surface area contributed by atoms with E-state index in [-0.39, 0.29) is 11.6 Å². The highest BCUT2D eigenvalue weighted by Crippen LogP contribution is 2.34. The van der Waals surface area contributed by atoms with Gasteiger partial charge in [-0.25, -0.2) is 0 Å².